The second-order valence-corrected chi connectivity index (χ2v) is 6.28. The van der Waals surface area contributed by atoms with Crippen molar-refractivity contribution in [2.24, 2.45) is 0 Å². The van der Waals surface area contributed by atoms with Crippen molar-refractivity contribution in [3.05, 3.63) is 29.7 Å². The van der Waals surface area contributed by atoms with Crippen LogP contribution in [-0.2, 0) is 24.3 Å². The molecule has 0 N–H and O–H groups in total. The first-order valence-corrected chi connectivity index (χ1v) is 8.33. The first kappa shape index (κ1) is 14.6. The van der Waals surface area contributed by atoms with Gasteiger partial charge in [-0.1, -0.05) is 0 Å². The Kier molecular flexibility index (Phi) is 3.95. The summed E-state index contributed by atoms with van der Waals surface area (Å²) in [5, 5.41) is 8.83. The Morgan fingerprint density at radius 1 is 1.26 bits per heavy atom. The number of rotatable bonds is 4. The Morgan fingerprint density at radius 3 is 3.13 bits per heavy atom. The Hall–Kier alpha value is -2.02. The first-order valence-electron chi connectivity index (χ1n) is 8.33. The highest BCUT2D eigenvalue weighted by atomic mass is 16.5. The van der Waals surface area contributed by atoms with Crippen molar-refractivity contribution >= 4 is 5.82 Å². The van der Waals surface area contributed by atoms with Crippen molar-refractivity contribution in [3.8, 4) is 0 Å². The van der Waals surface area contributed by atoms with Crippen LogP contribution in [0.1, 0.15) is 42.7 Å². The highest BCUT2D eigenvalue weighted by Crippen LogP contribution is 2.30. The molecule has 4 heterocycles. The molecule has 0 bridgehead atoms. The molecule has 0 spiro atoms. The molecule has 0 radical (unpaired) electrons. The molecule has 0 amide bonds. The van der Waals surface area contributed by atoms with Gasteiger partial charge in [0, 0.05) is 45.3 Å². The molecule has 1 unspecified atom stereocenters. The number of piperidine rings is 1. The van der Waals surface area contributed by atoms with E-state index in [4.69, 9.17) is 4.74 Å². The van der Waals surface area contributed by atoms with E-state index in [2.05, 4.69) is 29.6 Å². The molecule has 0 saturated carbocycles. The molecule has 1 fully saturated rings. The molecule has 23 heavy (non-hydrogen) atoms. The second-order valence-electron chi connectivity index (χ2n) is 6.28. The topological polar surface area (TPSA) is 69.0 Å². The van der Waals surface area contributed by atoms with Gasteiger partial charge < -0.3 is 14.2 Å². The van der Waals surface area contributed by atoms with Gasteiger partial charge in [-0.3, -0.25) is 0 Å². The minimum Gasteiger partial charge on any atom is -0.377 e. The maximum atomic E-state index is 5.14. The van der Waals surface area contributed by atoms with Crippen LogP contribution in [0, 0.1) is 0 Å². The van der Waals surface area contributed by atoms with Gasteiger partial charge in [-0.15, -0.1) is 10.2 Å². The molecule has 7 heteroatoms. The average Bonchev–Trinajstić information content (AvgIpc) is 3.19. The predicted octanol–water partition coefficient (Wildman–Crippen LogP) is 1.54. The maximum absolute atomic E-state index is 5.14. The molecule has 2 aliphatic rings. The van der Waals surface area contributed by atoms with E-state index in [0.29, 0.717) is 12.5 Å². The Morgan fingerprint density at radius 2 is 2.22 bits per heavy atom. The number of hydrogen-bond donors (Lipinski definition) is 0. The molecule has 0 aromatic carbocycles. The minimum atomic E-state index is 0.434. The van der Waals surface area contributed by atoms with E-state index in [1.165, 1.54) is 12.8 Å². The van der Waals surface area contributed by atoms with Crippen LogP contribution in [0.3, 0.4) is 0 Å². The molecule has 2 aromatic heterocycles. The fourth-order valence-corrected chi connectivity index (χ4v) is 3.63. The van der Waals surface area contributed by atoms with E-state index in [0.717, 1.165) is 55.8 Å². The fourth-order valence-electron chi connectivity index (χ4n) is 3.63. The lowest BCUT2D eigenvalue weighted by molar-refractivity contribution is 0.178. The molecule has 1 atom stereocenters. The SMILES string of the molecule is COCc1nccc(N2CCCC(c3nnc4n3CCC4)C2)n1. The summed E-state index contributed by atoms with van der Waals surface area (Å²) in [6.07, 6.45) is 6.40. The first-order chi connectivity index (χ1) is 11.3. The normalized spacial score (nSPS) is 20.7. The summed E-state index contributed by atoms with van der Waals surface area (Å²) in [6, 6.07) is 1.98. The molecule has 2 aromatic rings. The van der Waals surface area contributed by atoms with Gasteiger partial charge in [-0.2, -0.15) is 0 Å². The number of fused-ring (bicyclic) bond motifs is 1. The van der Waals surface area contributed by atoms with E-state index >= 15 is 0 Å². The molecule has 4 rings (SSSR count). The number of anilines is 1. The van der Waals surface area contributed by atoms with Crippen molar-refractivity contribution in [2.75, 3.05) is 25.1 Å². The highest BCUT2D eigenvalue weighted by Gasteiger charge is 2.28. The highest BCUT2D eigenvalue weighted by molar-refractivity contribution is 5.39. The van der Waals surface area contributed by atoms with Crippen LogP contribution in [0.15, 0.2) is 12.3 Å². The van der Waals surface area contributed by atoms with Gasteiger partial charge in [0.1, 0.15) is 24.1 Å². The van der Waals surface area contributed by atoms with Crippen LogP contribution in [0.5, 0.6) is 0 Å². The fraction of sp³-hybridized carbons (Fsp3) is 0.625. The molecule has 0 aliphatic carbocycles. The van der Waals surface area contributed by atoms with Crippen LogP contribution < -0.4 is 4.90 Å². The standard InChI is InChI=1S/C16H22N6O/c1-23-11-13-17-7-6-14(18-13)21-8-2-4-12(10-21)16-20-19-15-5-3-9-22(15)16/h6-7,12H,2-5,8-11H2,1H3. The zero-order chi connectivity index (χ0) is 15.6. The maximum Gasteiger partial charge on any atom is 0.156 e. The lowest BCUT2D eigenvalue weighted by atomic mass is 9.97. The average molecular weight is 314 g/mol. The monoisotopic (exact) mass is 314 g/mol. The smallest absolute Gasteiger partial charge is 0.156 e. The van der Waals surface area contributed by atoms with E-state index in [1.807, 2.05) is 12.3 Å². The lowest BCUT2D eigenvalue weighted by Gasteiger charge is -2.33. The van der Waals surface area contributed by atoms with Gasteiger partial charge in [0.25, 0.3) is 0 Å². The van der Waals surface area contributed by atoms with Crippen LogP contribution in [0.2, 0.25) is 0 Å². The summed E-state index contributed by atoms with van der Waals surface area (Å²) in [7, 11) is 1.67. The Balaban J connectivity index is 1.54. The third-order valence-electron chi connectivity index (χ3n) is 4.71. The molecule has 122 valence electrons. The predicted molar refractivity (Wildman–Crippen MR) is 85.3 cm³/mol. The van der Waals surface area contributed by atoms with Crippen LogP contribution in [-0.4, -0.2) is 44.9 Å². The van der Waals surface area contributed by atoms with Gasteiger partial charge in [-0.25, -0.2) is 9.97 Å². The third-order valence-corrected chi connectivity index (χ3v) is 4.71. The molecule has 7 nitrogen and oxygen atoms in total. The number of aromatic nitrogens is 5. The zero-order valence-corrected chi connectivity index (χ0v) is 13.5. The largest absolute Gasteiger partial charge is 0.377 e. The van der Waals surface area contributed by atoms with E-state index in [1.54, 1.807) is 7.11 Å². The number of nitrogens with zero attached hydrogens (tertiary/aromatic N) is 6. The number of hydrogen-bond acceptors (Lipinski definition) is 6. The van der Waals surface area contributed by atoms with E-state index in [9.17, 15) is 0 Å². The van der Waals surface area contributed by atoms with Crippen molar-refractivity contribution in [1.82, 2.24) is 24.7 Å². The molecular weight excluding hydrogens is 292 g/mol. The van der Waals surface area contributed by atoms with Crippen LogP contribution >= 0.6 is 0 Å². The van der Waals surface area contributed by atoms with Crippen molar-refractivity contribution in [3.63, 3.8) is 0 Å². The molecule has 1 saturated heterocycles. The van der Waals surface area contributed by atoms with Crippen LogP contribution in [0.4, 0.5) is 5.82 Å². The Bertz CT molecular complexity index is 685. The number of methoxy groups -OCH3 is 1. The summed E-state index contributed by atoms with van der Waals surface area (Å²) in [5.41, 5.74) is 0. The van der Waals surface area contributed by atoms with Gasteiger partial charge >= 0.3 is 0 Å². The van der Waals surface area contributed by atoms with Gasteiger partial charge in [0.05, 0.1) is 0 Å². The summed E-state index contributed by atoms with van der Waals surface area (Å²) < 4.78 is 7.46. The molecular formula is C16H22N6O. The summed E-state index contributed by atoms with van der Waals surface area (Å²) in [5.74, 6) is 4.47. The van der Waals surface area contributed by atoms with Gasteiger partial charge in [0.2, 0.25) is 0 Å². The van der Waals surface area contributed by atoms with Gasteiger partial charge in [0.15, 0.2) is 5.82 Å². The summed E-state index contributed by atoms with van der Waals surface area (Å²) in [6.45, 7) is 3.49. The second kappa shape index (κ2) is 6.23. The van der Waals surface area contributed by atoms with E-state index in [-0.39, 0.29) is 0 Å². The molecule has 2 aliphatic heterocycles. The van der Waals surface area contributed by atoms with Crippen molar-refractivity contribution in [2.45, 2.75) is 44.8 Å². The van der Waals surface area contributed by atoms with Crippen LogP contribution in [0.25, 0.3) is 0 Å². The van der Waals surface area contributed by atoms with E-state index < -0.39 is 0 Å². The number of aryl methyl sites for hydroxylation is 1. The zero-order valence-electron chi connectivity index (χ0n) is 13.5. The number of ether oxygens (including phenoxy) is 1. The minimum absolute atomic E-state index is 0.434. The quantitative estimate of drug-likeness (QED) is 0.853. The van der Waals surface area contributed by atoms with Crippen molar-refractivity contribution in [1.29, 1.82) is 0 Å². The van der Waals surface area contributed by atoms with Crippen molar-refractivity contribution < 1.29 is 4.74 Å². The Labute approximate surface area is 135 Å². The van der Waals surface area contributed by atoms with Gasteiger partial charge in [-0.05, 0) is 25.3 Å². The summed E-state index contributed by atoms with van der Waals surface area (Å²) >= 11 is 0. The summed E-state index contributed by atoms with van der Waals surface area (Å²) in [4.78, 5) is 11.2. The third kappa shape index (κ3) is 2.81. The lowest BCUT2D eigenvalue weighted by Crippen LogP contribution is -2.36.